The van der Waals surface area contributed by atoms with Crippen LogP contribution in [0.1, 0.15) is 22.4 Å². The highest BCUT2D eigenvalue weighted by Gasteiger charge is 2.30. The van der Waals surface area contributed by atoms with E-state index in [0.29, 0.717) is 27.6 Å². The molecule has 0 N–H and O–H groups in total. The van der Waals surface area contributed by atoms with Crippen molar-refractivity contribution in [2.75, 3.05) is 0 Å². The molecule has 0 aliphatic rings. The van der Waals surface area contributed by atoms with Crippen LogP contribution in [0.15, 0.2) is 79.3 Å². The second-order valence-electron chi connectivity index (χ2n) is 7.02. The summed E-state index contributed by atoms with van der Waals surface area (Å²) in [6, 6.07) is 16.5. The summed E-state index contributed by atoms with van der Waals surface area (Å²) in [5.41, 5.74) is 1.28. The van der Waals surface area contributed by atoms with Gasteiger partial charge in [-0.05, 0) is 35.2 Å². The van der Waals surface area contributed by atoms with Crippen molar-refractivity contribution in [3.05, 3.63) is 107 Å². The summed E-state index contributed by atoms with van der Waals surface area (Å²) >= 11 is 0. The Hall–Kier alpha value is -3.92. The van der Waals surface area contributed by atoms with E-state index in [1.807, 2.05) is 30.3 Å². The molecule has 31 heavy (non-hydrogen) atoms. The summed E-state index contributed by atoms with van der Waals surface area (Å²) in [4.78, 5) is 16.6. The van der Waals surface area contributed by atoms with Gasteiger partial charge in [0.25, 0.3) is 6.20 Å². The van der Waals surface area contributed by atoms with Crippen molar-refractivity contribution >= 4 is 10.8 Å². The number of alkyl halides is 3. The minimum atomic E-state index is -4.43. The van der Waals surface area contributed by atoms with E-state index < -0.39 is 11.7 Å². The fraction of sp³-hybridized carbons (Fsp3) is 0.125. The van der Waals surface area contributed by atoms with Crippen LogP contribution in [0.5, 0.6) is 0 Å². The quantitative estimate of drug-likeness (QED) is 0.359. The zero-order valence-corrected chi connectivity index (χ0v) is 16.3. The number of halogens is 3. The van der Waals surface area contributed by atoms with Crippen LogP contribution >= 0.6 is 0 Å². The maximum atomic E-state index is 13.0. The predicted molar refractivity (Wildman–Crippen MR) is 111 cm³/mol. The number of rotatable bonds is 3. The number of nitrogens with zero attached hydrogens (tertiary/aromatic N) is 3. The van der Waals surface area contributed by atoms with Crippen molar-refractivity contribution < 1.29 is 17.7 Å². The van der Waals surface area contributed by atoms with Crippen LogP contribution in [0.2, 0.25) is 0 Å². The average Bonchev–Trinajstić information content (AvgIpc) is 2.75. The van der Waals surface area contributed by atoms with E-state index in [-0.39, 0.29) is 6.54 Å². The Kier molecular flexibility index (Phi) is 5.54. The first-order valence-corrected chi connectivity index (χ1v) is 9.50. The standard InChI is InChI=1S/C24H17F3N3O/c25-24(26,27)22-10-4-9-19(12-22)15-29-16-20-13-23(28-14-21(20)17-30(29)31)11-5-8-18-6-2-1-3-7-18/h1-4,6-7,9-10,12-14,16-17H,8,15H2/q+1. The van der Waals surface area contributed by atoms with Crippen molar-refractivity contribution in [2.45, 2.75) is 19.1 Å². The number of pyridine rings is 1. The van der Waals surface area contributed by atoms with E-state index >= 15 is 0 Å². The van der Waals surface area contributed by atoms with Crippen LogP contribution < -0.4 is 4.54 Å². The lowest BCUT2D eigenvalue weighted by Gasteiger charge is -2.08. The molecule has 0 bridgehead atoms. The van der Waals surface area contributed by atoms with Gasteiger partial charge in [-0.2, -0.15) is 13.2 Å². The highest BCUT2D eigenvalue weighted by Crippen LogP contribution is 2.29. The highest BCUT2D eigenvalue weighted by molar-refractivity contribution is 5.80. The SMILES string of the molecule is O=[n+]1cc2cnc(C#CCc3ccccc3)cc2cn1Cc1cccc(C(F)(F)F)c1. The van der Waals surface area contributed by atoms with E-state index in [0.717, 1.165) is 23.1 Å². The minimum absolute atomic E-state index is 0.000696. The van der Waals surface area contributed by atoms with E-state index in [4.69, 9.17) is 0 Å². The lowest BCUT2D eigenvalue weighted by Crippen LogP contribution is -2.30. The Bertz CT molecular complexity index is 1350. The summed E-state index contributed by atoms with van der Waals surface area (Å²) in [5, 5.41) is 1.34. The van der Waals surface area contributed by atoms with Gasteiger partial charge in [0.1, 0.15) is 12.2 Å². The predicted octanol–water partition coefficient (Wildman–Crippen LogP) is 4.61. The van der Waals surface area contributed by atoms with Gasteiger partial charge in [-0.3, -0.25) is 0 Å². The number of hydrogen-bond donors (Lipinski definition) is 0. The van der Waals surface area contributed by atoms with Gasteiger partial charge in [0.15, 0.2) is 4.54 Å². The molecule has 0 aliphatic heterocycles. The molecule has 0 fully saturated rings. The summed E-state index contributed by atoms with van der Waals surface area (Å²) in [6.45, 7) is 0.000696. The van der Waals surface area contributed by atoms with Gasteiger partial charge in [-0.1, -0.05) is 48.4 Å². The third-order valence-electron chi connectivity index (χ3n) is 4.71. The third kappa shape index (κ3) is 4.98. The Morgan fingerprint density at radius 2 is 1.74 bits per heavy atom. The molecule has 4 aromatic rings. The van der Waals surface area contributed by atoms with Gasteiger partial charge >= 0.3 is 6.18 Å². The minimum Gasteiger partial charge on any atom is -0.247 e. The highest BCUT2D eigenvalue weighted by atomic mass is 19.4. The largest absolute Gasteiger partial charge is 0.416 e. The monoisotopic (exact) mass is 420 g/mol. The van der Waals surface area contributed by atoms with Crippen LogP contribution in [0.4, 0.5) is 13.2 Å². The van der Waals surface area contributed by atoms with Gasteiger partial charge in [-0.25, -0.2) is 4.98 Å². The molecule has 0 aliphatic carbocycles. The van der Waals surface area contributed by atoms with Gasteiger partial charge < -0.3 is 0 Å². The normalized spacial score (nSPS) is 11.2. The van der Waals surface area contributed by atoms with Crippen molar-refractivity contribution in [3.63, 3.8) is 0 Å². The van der Waals surface area contributed by atoms with Crippen LogP contribution in [0, 0.1) is 16.7 Å². The Morgan fingerprint density at radius 1 is 0.968 bits per heavy atom. The van der Waals surface area contributed by atoms with Crippen molar-refractivity contribution in [1.82, 2.24) is 9.67 Å². The Labute approximate surface area is 176 Å². The van der Waals surface area contributed by atoms with Crippen LogP contribution in [0.25, 0.3) is 10.8 Å². The number of hydrogen-bond acceptors (Lipinski definition) is 2. The van der Waals surface area contributed by atoms with E-state index in [9.17, 15) is 18.1 Å². The van der Waals surface area contributed by atoms with Gasteiger partial charge in [0.05, 0.1) is 22.1 Å². The molecule has 0 unspecified atom stereocenters. The zero-order valence-electron chi connectivity index (χ0n) is 16.3. The smallest absolute Gasteiger partial charge is 0.247 e. The molecule has 4 rings (SSSR count). The first-order valence-electron chi connectivity index (χ1n) is 9.50. The summed E-state index contributed by atoms with van der Waals surface area (Å²) in [6.07, 6.45) is 0.649. The van der Waals surface area contributed by atoms with Gasteiger partial charge in [-0.15, -0.1) is 4.68 Å². The molecule has 0 radical (unpaired) electrons. The number of benzene rings is 2. The lowest BCUT2D eigenvalue weighted by molar-refractivity contribution is -0.596. The number of aromatic nitrogens is 3. The van der Waals surface area contributed by atoms with E-state index in [2.05, 4.69) is 16.8 Å². The first-order chi connectivity index (χ1) is 14.9. The maximum absolute atomic E-state index is 13.0. The fourth-order valence-electron chi connectivity index (χ4n) is 3.16. The molecule has 0 atom stereocenters. The van der Waals surface area contributed by atoms with E-state index in [1.165, 1.54) is 16.9 Å². The molecular weight excluding hydrogens is 403 g/mol. The summed E-state index contributed by atoms with van der Waals surface area (Å²) in [5.74, 6) is 6.09. The van der Waals surface area contributed by atoms with Crippen molar-refractivity contribution in [2.24, 2.45) is 0 Å². The van der Waals surface area contributed by atoms with Crippen molar-refractivity contribution in [1.29, 1.82) is 0 Å². The molecule has 0 saturated carbocycles. The molecule has 0 spiro atoms. The molecule has 154 valence electrons. The molecule has 2 heterocycles. The number of fused-ring (bicyclic) bond motifs is 1. The molecule has 2 aromatic carbocycles. The molecule has 0 saturated heterocycles. The van der Waals surface area contributed by atoms with Crippen LogP contribution in [-0.2, 0) is 19.1 Å². The second kappa shape index (κ2) is 8.44. The second-order valence-corrected chi connectivity index (χ2v) is 7.02. The zero-order chi connectivity index (χ0) is 21.8. The Balaban J connectivity index is 1.61. The lowest BCUT2D eigenvalue weighted by atomic mass is 10.1. The molecule has 7 heteroatoms. The van der Waals surface area contributed by atoms with E-state index in [1.54, 1.807) is 24.5 Å². The third-order valence-corrected chi connectivity index (χ3v) is 4.71. The van der Waals surface area contributed by atoms with Crippen LogP contribution in [-0.4, -0.2) is 9.67 Å². The molecule has 2 aromatic heterocycles. The summed E-state index contributed by atoms with van der Waals surface area (Å²) < 4.78 is 40.8. The molecule has 0 amide bonds. The van der Waals surface area contributed by atoms with Crippen molar-refractivity contribution in [3.8, 4) is 11.8 Å². The Morgan fingerprint density at radius 3 is 2.52 bits per heavy atom. The average molecular weight is 420 g/mol. The van der Waals surface area contributed by atoms with Gasteiger partial charge in [0.2, 0.25) is 0 Å². The topological polar surface area (TPSA) is 40.8 Å². The van der Waals surface area contributed by atoms with Crippen LogP contribution in [0.3, 0.4) is 0 Å². The molecule has 4 nitrogen and oxygen atoms in total. The summed E-state index contributed by atoms with van der Waals surface area (Å²) in [7, 11) is 0. The first kappa shape index (κ1) is 20.4. The molecular formula is C24H17F3N3O+. The maximum Gasteiger partial charge on any atom is 0.416 e. The van der Waals surface area contributed by atoms with Gasteiger partial charge in [0, 0.05) is 18.0 Å². The fourth-order valence-corrected chi connectivity index (χ4v) is 3.16.